The molecule has 0 bridgehead atoms. The van der Waals surface area contributed by atoms with Crippen molar-refractivity contribution in [3.8, 4) is 0 Å². The van der Waals surface area contributed by atoms with E-state index >= 15 is 0 Å². The molecular formula is C25H23N3. The molecule has 0 atom stereocenters. The van der Waals surface area contributed by atoms with Gasteiger partial charge in [-0.25, -0.2) is 4.99 Å². The Labute approximate surface area is 165 Å². The average molecular weight is 365 g/mol. The van der Waals surface area contributed by atoms with Crippen LogP contribution in [-0.2, 0) is 0 Å². The van der Waals surface area contributed by atoms with Crippen LogP contribution in [0, 0.1) is 0 Å². The van der Waals surface area contributed by atoms with Gasteiger partial charge in [0.25, 0.3) is 0 Å². The van der Waals surface area contributed by atoms with E-state index in [0.29, 0.717) is 5.82 Å². The van der Waals surface area contributed by atoms with Crippen molar-refractivity contribution in [1.29, 1.82) is 0 Å². The van der Waals surface area contributed by atoms with Crippen LogP contribution in [0.15, 0.2) is 90.9 Å². The van der Waals surface area contributed by atoms with Gasteiger partial charge < -0.3 is 4.90 Å². The van der Waals surface area contributed by atoms with Crippen LogP contribution in [0.25, 0.3) is 33.2 Å². The summed E-state index contributed by atoms with van der Waals surface area (Å²) in [6, 6.07) is 24.9. The second-order valence-corrected chi connectivity index (χ2v) is 6.94. The highest BCUT2D eigenvalue weighted by Crippen LogP contribution is 2.31. The molecule has 0 unspecified atom stereocenters. The van der Waals surface area contributed by atoms with Gasteiger partial charge >= 0.3 is 0 Å². The SMILES string of the molecule is C=C(C)c1ccccc1N(C)C=NC(=C)n1c2ccccc2c2ccccc21. The van der Waals surface area contributed by atoms with Gasteiger partial charge in [-0.05, 0) is 30.7 Å². The number of para-hydroxylation sites is 3. The zero-order chi connectivity index (χ0) is 19.7. The molecule has 1 heterocycles. The Balaban J connectivity index is 1.74. The first-order valence-electron chi connectivity index (χ1n) is 9.27. The van der Waals surface area contributed by atoms with E-state index in [-0.39, 0.29) is 0 Å². The molecule has 28 heavy (non-hydrogen) atoms. The van der Waals surface area contributed by atoms with Gasteiger partial charge in [0.1, 0.15) is 5.82 Å². The maximum absolute atomic E-state index is 4.68. The van der Waals surface area contributed by atoms with Gasteiger partial charge in [-0.2, -0.15) is 0 Å². The molecule has 1 aromatic heterocycles. The van der Waals surface area contributed by atoms with Crippen LogP contribution in [0.3, 0.4) is 0 Å². The number of benzene rings is 3. The van der Waals surface area contributed by atoms with E-state index < -0.39 is 0 Å². The lowest BCUT2D eigenvalue weighted by Crippen LogP contribution is -2.16. The van der Waals surface area contributed by atoms with E-state index in [4.69, 9.17) is 0 Å². The molecule has 0 fully saturated rings. The summed E-state index contributed by atoms with van der Waals surface area (Å²) >= 11 is 0. The van der Waals surface area contributed by atoms with E-state index in [9.17, 15) is 0 Å². The normalized spacial score (nSPS) is 11.4. The summed E-state index contributed by atoms with van der Waals surface area (Å²) in [6.07, 6.45) is 1.81. The summed E-state index contributed by atoms with van der Waals surface area (Å²) < 4.78 is 2.11. The van der Waals surface area contributed by atoms with Crippen molar-refractivity contribution in [1.82, 2.24) is 4.57 Å². The predicted octanol–water partition coefficient (Wildman–Crippen LogP) is 6.42. The first kappa shape index (κ1) is 17.8. The van der Waals surface area contributed by atoms with Gasteiger partial charge in [-0.15, -0.1) is 0 Å². The van der Waals surface area contributed by atoms with Crippen LogP contribution in [0.2, 0.25) is 0 Å². The van der Waals surface area contributed by atoms with E-state index in [0.717, 1.165) is 27.9 Å². The Morgan fingerprint density at radius 3 is 2.00 bits per heavy atom. The van der Waals surface area contributed by atoms with Crippen LogP contribution in [-0.4, -0.2) is 18.0 Å². The summed E-state index contributed by atoms with van der Waals surface area (Å²) in [5.41, 5.74) is 5.41. The summed E-state index contributed by atoms with van der Waals surface area (Å²) in [6.45, 7) is 10.3. The van der Waals surface area contributed by atoms with Crippen LogP contribution in [0.4, 0.5) is 5.69 Å². The number of aromatic nitrogens is 1. The van der Waals surface area contributed by atoms with E-state index in [2.05, 4.69) is 71.2 Å². The topological polar surface area (TPSA) is 20.5 Å². The number of anilines is 1. The van der Waals surface area contributed by atoms with E-state index in [1.54, 1.807) is 0 Å². The Morgan fingerprint density at radius 2 is 1.39 bits per heavy atom. The zero-order valence-electron chi connectivity index (χ0n) is 16.3. The minimum atomic E-state index is 0.678. The number of hydrogen-bond acceptors (Lipinski definition) is 1. The predicted molar refractivity (Wildman–Crippen MR) is 123 cm³/mol. The summed E-state index contributed by atoms with van der Waals surface area (Å²) in [5.74, 6) is 0.678. The summed E-state index contributed by atoms with van der Waals surface area (Å²) in [4.78, 5) is 6.69. The molecule has 0 radical (unpaired) electrons. The Kier molecular flexibility index (Phi) is 4.58. The van der Waals surface area contributed by atoms with Crippen LogP contribution < -0.4 is 4.90 Å². The number of hydrogen-bond donors (Lipinski definition) is 0. The number of nitrogens with zero attached hydrogens (tertiary/aromatic N) is 3. The van der Waals surface area contributed by atoms with Gasteiger partial charge in [0.15, 0.2) is 0 Å². The Hall–Kier alpha value is -3.59. The lowest BCUT2D eigenvalue weighted by Gasteiger charge is -2.18. The van der Waals surface area contributed by atoms with Gasteiger partial charge in [0.05, 0.1) is 17.4 Å². The summed E-state index contributed by atoms with van der Waals surface area (Å²) in [7, 11) is 1.99. The fourth-order valence-corrected chi connectivity index (χ4v) is 3.62. The number of fused-ring (bicyclic) bond motifs is 3. The largest absolute Gasteiger partial charge is 0.335 e. The third-order valence-electron chi connectivity index (χ3n) is 4.96. The minimum absolute atomic E-state index is 0.678. The lowest BCUT2D eigenvalue weighted by molar-refractivity contribution is 1.17. The molecule has 0 aliphatic heterocycles. The summed E-state index contributed by atoms with van der Waals surface area (Å²) in [5, 5.41) is 2.41. The van der Waals surface area contributed by atoms with E-state index in [1.807, 2.05) is 49.5 Å². The zero-order valence-corrected chi connectivity index (χ0v) is 16.3. The van der Waals surface area contributed by atoms with Crippen molar-refractivity contribution in [2.24, 2.45) is 4.99 Å². The molecule has 3 nitrogen and oxygen atoms in total. The first-order valence-corrected chi connectivity index (χ1v) is 9.27. The molecule has 4 aromatic rings. The third kappa shape index (κ3) is 3.01. The molecule has 0 amide bonds. The van der Waals surface area contributed by atoms with Crippen molar-refractivity contribution < 1.29 is 0 Å². The van der Waals surface area contributed by atoms with Gasteiger partial charge in [-0.1, -0.05) is 67.8 Å². The van der Waals surface area contributed by atoms with Crippen molar-refractivity contribution >= 4 is 45.2 Å². The Morgan fingerprint density at radius 1 is 0.857 bits per heavy atom. The molecule has 0 aliphatic carbocycles. The number of allylic oxidation sites excluding steroid dienone is 1. The average Bonchev–Trinajstić information content (AvgIpc) is 3.06. The van der Waals surface area contributed by atoms with Crippen molar-refractivity contribution in [3.63, 3.8) is 0 Å². The quantitative estimate of drug-likeness (QED) is 0.295. The molecule has 4 rings (SSSR count). The van der Waals surface area contributed by atoms with Crippen molar-refractivity contribution in [2.45, 2.75) is 6.92 Å². The van der Waals surface area contributed by atoms with Crippen molar-refractivity contribution in [3.05, 3.63) is 91.5 Å². The molecule has 0 spiro atoms. The molecule has 3 heteroatoms. The van der Waals surface area contributed by atoms with Crippen LogP contribution >= 0.6 is 0 Å². The first-order chi connectivity index (χ1) is 13.6. The maximum Gasteiger partial charge on any atom is 0.132 e. The monoisotopic (exact) mass is 365 g/mol. The molecular weight excluding hydrogens is 342 g/mol. The minimum Gasteiger partial charge on any atom is -0.335 e. The van der Waals surface area contributed by atoms with Gasteiger partial charge in [0, 0.05) is 29.1 Å². The molecule has 0 saturated heterocycles. The standard InChI is InChI=1S/C25H23N3/c1-18(2)20-11-5-8-14-23(20)27(4)17-26-19(3)28-24-15-9-6-12-21(24)22-13-7-10-16-25(22)28/h5-17H,1,3H2,2,4H3. The van der Waals surface area contributed by atoms with Gasteiger partial charge in [-0.3, -0.25) is 4.57 Å². The van der Waals surface area contributed by atoms with Crippen molar-refractivity contribution in [2.75, 3.05) is 11.9 Å². The number of rotatable bonds is 5. The van der Waals surface area contributed by atoms with Crippen LogP contribution in [0.5, 0.6) is 0 Å². The molecule has 0 aliphatic rings. The number of aliphatic imine (C=N–C) groups is 1. The maximum atomic E-state index is 4.68. The van der Waals surface area contributed by atoms with Gasteiger partial charge in [0.2, 0.25) is 0 Å². The van der Waals surface area contributed by atoms with E-state index in [1.165, 1.54) is 10.8 Å². The second kappa shape index (κ2) is 7.20. The second-order valence-electron chi connectivity index (χ2n) is 6.94. The molecule has 0 N–H and O–H groups in total. The lowest BCUT2D eigenvalue weighted by atomic mass is 10.1. The molecule has 138 valence electrons. The fourth-order valence-electron chi connectivity index (χ4n) is 3.62. The Bertz CT molecular complexity index is 1170. The highest BCUT2D eigenvalue weighted by Gasteiger charge is 2.11. The fraction of sp³-hybridized carbons (Fsp3) is 0.0800. The molecule has 0 saturated carbocycles. The third-order valence-corrected chi connectivity index (χ3v) is 4.96. The smallest absolute Gasteiger partial charge is 0.132 e. The highest BCUT2D eigenvalue weighted by molar-refractivity contribution is 6.10. The molecule has 3 aromatic carbocycles. The highest BCUT2D eigenvalue weighted by atomic mass is 15.2. The van der Waals surface area contributed by atoms with Crippen LogP contribution in [0.1, 0.15) is 12.5 Å².